The monoisotopic (exact) mass is 267 g/mol. The van der Waals surface area contributed by atoms with Gasteiger partial charge in [0.2, 0.25) is 0 Å². The minimum absolute atomic E-state index is 0.323. The normalized spacial score (nSPS) is 35.2. The highest BCUT2D eigenvalue weighted by Gasteiger charge is 2.38. The molecule has 0 radical (unpaired) electrons. The van der Waals surface area contributed by atoms with Gasteiger partial charge in [-0.3, -0.25) is 4.90 Å². The molecule has 2 aliphatic rings. The second kappa shape index (κ2) is 7.05. The summed E-state index contributed by atoms with van der Waals surface area (Å²) < 4.78 is 0. The second-order valence-corrected chi connectivity index (χ2v) is 6.55. The van der Waals surface area contributed by atoms with Crippen LogP contribution in [-0.2, 0) is 0 Å². The summed E-state index contributed by atoms with van der Waals surface area (Å²) in [5.74, 6) is 0.949. The molecule has 2 fully saturated rings. The van der Waals surface area contributed by atoms with Crippen LogP contribution >= 0.6 is 0 Å². The van der Waals surface area contributed by atoms with Gasteiger partial charge in [0.25, 0.3) is 0 Å². The maximum Gasteiger partial charge on any atom is 0.0332 e. The van der Waals surface area contributed by atoms with E-state index in [0.29, 0.717) is 5.54 Å². The topological polar surface area (TPSA) is 32.5 Å². The summed E-state index contributed by atoms with van der Waals surface area (Å²) in [7, 11) is 0. The Morgan fingerprint density at radius 3 is 2.37 bits per heavy atom. The van der Waals surface area contributed by atoms with Crippen LogP contribution < -0.4 is 5.73 Å². The summed E-state index contributed by atoms with van der Waals surface area (Å²) in [4.78, 5) is 5.30. The molecule has 0 aromatic heterocycles. The molecule has 1 saturated heterocycles. The molecule has 1 heterocycles. The molecule has 19 heavy (non-hydrogen) atoms. The zero-order chi connectivity index (χ0) is 13.7. The van der Waals surface area contributed by atoms with Crippen molar-refractivity contribution in [2.45, 2.75) is 57.9 Å². The zero-order valence-corrected chi connectivity index (χ0v) is 13.0. The minimum Gasteiger partial charge on any atom is -0.329 e. The van der Waals surface area contributed by atoms with Crippen molar-refractivity contribution in [1.82, 2.24) is 9.80 Å². The van der Waals surface area contributed by atoms with Crippen molar-refractivity contribution in [1.29, 1.82) is 0 Å². The van der Waals surface area contributed by atoms with E-state index in [-0.39, 0.29) is 0 Å². The zero-order valence-electron chi connectivity index (χ0n) is 13.0. The van der Waals surface area contributed by atoms with Crippen LogP contribution in [0.2, 0.25) is 0 Å². The highest BCUT2D eigenvalue weighted by Crippen LogP contribution is 2.35. The molecule has 0 bridgehead atoms. The Morgan fingerprint density at radius 2 is 1.79 bits per heavy atom. The van der Waals surface area contributed by atoms with Gasteiger partial charge in [-0.05, 0) is 31.7 Å². The Morgan fingerprint density at radius 1 is 1.05 bits per heavy atom. The molecule has 2 atom stereocenters. The van der Waals surface area contributed by atoms with Gasteiger partial charge in [-0.15, -0.1) is 0 Å². The van der Waals surface area contributed by atoms with Crippen molar-refractivity contribution in [3.05, 3.63) is 0 Å². The molecular formula is C16H33N3. The number of hydrogen-bond acceptors (Lipinski definition) is 3. The first-order chi connectivity index (χ1) is 9.24. The molecule has 0 aromatic carbocycles. The van der Waals surface area contributed by atoms with Gasteiger partial charge < -0.3 is 10.6 Å². The van der Waals surface area contributed by atoms with E-state index in [2.05, 4.69) is 23.6 Å². The fourth-order valence-corrected chi connectivity index (χ4v) is 4.06. The number of likely N-dealkylation sites (N-methyl/N-ethyl adjacent to an activating group) is 1. The summed E-state index contributed by atoms with van der Waals surface area (Å²) in [6.07, 6.45) is 8.20. The Hall–Kier alpha value is -0.120. The molecule has 0 aromatic rings. The van der Waals surface area contributed by atoms with Gasteiger partial charge in [0.05, 0.1) is 0 Å². The van der Waals surface area contributed by atoms with Gasteiger partial charge in [-0.2, -0.15) is 0 Å². The third kappa shape index (κ3) is 3.50. The van der Waals surface area contributed by atoms with E-state index in [1.54, 1.807) is 0 Å². The van der Waals surface area contributed by atoms with Crippen LogP contribution in [0.1, 0.15) is 52.4 Å². The Labute approximate surface area is 119 Å². The van der Waals surface area contributed by atoms with Crippen LogP contribution in [0, 0.1) is 5.92 Å². The molecule has 0 amide bonds. The first-order valence-corrected chi connectivity index (χ1v) is 8.41. The van der Waals surface area contributed by atoms with E-state index in [0.717, 1.165) is 12.5 Å². The van der Waals surface area contributed by atoms with Crippen molar-refractivity contribution < 1.29 is 0 Å². The maximum absolute atomic E-state index is 6.24. The van der Waals surface area contributed by atoms with Crippen molar-refractivity contribution in [2.24, 2.45) is 11.7 Å². The van der Waals surface area contributed by atoms with E-state index in [1.807, 2.05) is 0 Å². The largest absolute Gasteiger partial charge is 0.329 e. The van der Waals surface area contributed by atoms with Crippen LogP contribution in [0.4, 0.5) is 0 Å². The summed E-state index contributed by atoms with van der Waals surface area (Å²) in [5.41, 5.74) is 6.56. The number of rotatable bonds is 4. The SMILES string of the molecule is CCC1CCCC(CN)(N2CCN(CC)CC2)CC1. The van der Waals surface area contributed by atoms with Crippen molar-refractivity contribution in [2.75, 3.05) is 39.3 Å². The third-order valence-corrected chi connectivity index (χ3v) is 5.72. The molecule has 3 nitrogen and oxygen atoms in total. The Bertz CT molecular complexity index is 261. The van der Waals surface area contributed by atoms with Crippen LogP contribution in [0.3, 0.4) is 0 Å². The molecule has 0 spiro atoms. The lowest BCUT2D eigenvalue weighted by Gasteiger charge is -2.47. The van der Waals surface area contributed by atoms with Gasteiger partial charge in [-0.1, -0.05) is 33.1 Å². The number of nitrogens with two attached hydrogens (primary N) is 1. The number of hydrogen-bond donors (Lipinski definition) is 1. The van der Waals surface area contributed by atoms with Crippen LogP contribution in [0.15, 0.2) is 0 Å². The van der Waals surface area contributed by atoms with Gasteiger partial charge in [0.15, 0.2) is 0 Å². The molecule has 112 valence electrons. The smallest absolute Gasteiger partial charge is 0.0332 e. The molecule has 2 rings (SSSR count). The molecular weight excluding hydrogens is 234 g/mol. The molecule has 1 aliphatic carbocycles. The first-order valence-electron chi connectivity index (χ1n) is 8.41. The maximum atomic E-state index is 6.24. The quantitative estimate of drug-likeness (QED) is 0.793. The molecule has 3 heteroatoms. The molecule has 1 aliphatic heterocycles. The number of nitrogens with zero attached hydrogens (tertiary/aromatic N) is 2. The van der Waals surface area contributed by atoms with E-state index in [1.165, 1.54) is 71.2 Å². The fourth-order valence-electron chi connectivity index (χ4n) is 4.06. The van der Waals surface area contributed by atoms with Gasteiger partial charge in [0.1, 0.15) is 0 Å². The van der Waals surface area contributed by atoms with Crippen LogP contribution in [0.5, 0.6) is 0 Å². The number of piperazine rings is 1. The van der Waals surface area contributed by atoms with E-state index >= 15 is 0 Å². The average molecular weight is 267 g/mol. The van der Waals surface area contributed by atoms with Crippen molar-refractivity contribution in [3.63, 3.8) is 0 Å². The van der Waals surface area contributed by atoms with Crippen LogP contribution in [0.25, 0.3) is 0 Å². The third-order valence-electron chi connectivity index (χ3n) is 5.72. The second-order valence-electron chi connectivity index (χ2n) is 6.55. The van der Waals surface area contributed by atoms with E-state index in [9.17, 15) is 0 Å². The first kappa shape index (κ1) is 15.3. The minimum atomic E-state index is 0.323. The Balaban J connectivity index is 1.97. The Kier molecular flexibility index (Phi) is 5.67. The van der Waals surface area contributed by atoms with Crippen molar-refractivity contribution >= 4 is 0 Å². The van der Waals surface area contributed by atoms with Gasteiger partial charge in [0, 0.05) is 38.3 Å². The molecule has 2 unspecified atom stereocenters. The summed E-state index contributed by atoms with van der Waals surface area (Å²) in [6.45, 7) is 11.6. The predicted molar refractivity (Wildman–Crippen MR) is 82.3 cm³/mol. The summed E-state index contributed by atoms with van der Waals surface area (Å²) in [5, 5.41) is 0. The highest BCUT2D eigenvalue weighted by molar-refractivity contribution is 4.96. The van der Waals surface area contributed by atoms with E-state index in [4.69, 9.17) is 5.73 Å². The predicted octanol–water partition coefficient (Wildman–Crippen LogP) is 2.31. The lowest BCUT2D eigenvalue weighted by atomic mass is 9.86. The van der Waals surface area contributed by atoms with Gasteiger partial charge in [-0.25, -0.2) is 0 Å². The highest BCUT2D eigenvalue weighted by atomic mass is 15.3. The van der Waals surface area contributed by atoms with Gasteiger partial charge >= 0.3 is 0 Å². The van der Waals surface area contributed by atoms with E-state index < -0.39 is 0 Å². The summed E-state index contributed by atoms with van der Waals surface area (Å²) >= 11 is 0. The fraction of sp³-hybridized carbons (Fsp3) is 1.00. The van der Waals surface area contributed by atoms with Crippen molar-refractivity contribution in [3.8, 4) is 0 Å². The lowest BCUT2D eigenvalue weighted by molar-refractivity contribution is 0.0272. The lowest BCUT2D eigenvalue weighted by Crippen LogP contribution is -2.60. The summed E-state index contributed by atoms with van der Waals surface area (Å²) in [6, 6.07) is 0. The van der Waals surface area contributed by atoms with Crippen LogP contribution in [-0.4, -0.2) is 54.6 Å². The molecule has 2 N–H and O–H groups in total. The average Bonchev–Trinajstić information content (AvgIpc) is 2.70. The molecule has 1 saturated carbocycles. The standard InChI is InChI=1S/C16H33N3/c1-3-15-6-5-8-16(14-17,9-7-15)19-12-10-18(4-2)11-13-19/h15H,3-14,17H2,1-2H3.